The summed E-state index contributed by atoms with van der Waals surface area (Å²) in [7, 11) is 0. The molecule has 0 saturated heterocycles. The van der Waals surface area contributed by atoms with Gasteiger partial charge in [-0.2, -0.15) is 0 Å². The molecule has 6 heteroatoms. The first-order valence-corrected chi connectivity index (χ1v) is 7.15. The van der Waals surface area contributed by atoms with E-state index in [9.17, 15) is 4.79 Å². The highest BCUT2D eigenvalue weighted by atomic mass is 79.9. The maximum Gasteiger partial charge on any atom is 0.404 e. The molecule has 1 aromatic carbocycles. The number of carbonyl (C=O) groups is 1. The van der Waals surface area contributed by atoms with Crippen molar-refractivity contribution in [2.45, 2.75) is 37.8 Å². The zero-order chi connectivity index (χ0) is 13.8. The van der Waals surface area contributed by atoms with Gasteiger partial charge in [0.05, 0.1) is 11.4 Å². The zero-order valence-corrected chi connectivity index (χ0v) is 12.1. The van der Waals surface area contributed by atoms with Crippen molar-refractivity contribution in [2.24, 2.45) is 0 Å². The summed E-state index contributed by atoms with van der Waals surface area (Å²) in [4.78, 5) is 10.7. The number of benzene rings is 1. The Bertz CT molecular complexity index is 467. The van der Waals surface area contributed by atoms with Crippen LogP contribution in [0.2, 0.25) is 0 Å². The molecule has 1 saturated carbocycles. The summed E-state index contributed by atoms with van der Waals surface area (Å²) in [6, 6.07) is 6.04. The molecule has 19 heavy (non-hydrogen) atoms. The van der Waals surface area contributed by atoms with Crippen LogP contribution < -0.4 is 16.4 Å². The molecule has 0 aromatic heterocycles. The van der Waals surface area contributed by atoms with Crippen LogP contribution in [-0.4, -0.2) is 23.3 Å². The van der Waals surface area contributed by atoms with Crippen molar-refractivity contribution >= 4 is 33.4 Å². The van der Waals surface area contributed by atoms with Gasteiger partial charge in [0.1, 0.15) is 0 Å². The number of carboxylic acid groups (broad SMARTS) is 1. The number of hydrogen-bond acceptors (Lipinski definition) is 3. The molecular formula is C13H18BrN3O2. The lowest BCUT2D eigenvalue weighted by Gasteiger charge is -2.30. The first-order valence-electron chi connectivity index (χ1n) is 6.36. The van der Waals surface area contributed by atoms with Crippen molar-refractivity contribution in [3.63, 3.8) is 0 Å². The number of para-hydroxylation sites is 1. The third kappa shape index (κ3) is 3.76. The van der Waals surface area contributed by atoms with Crippen LogP contribution in [0.3, 0.4) is 0 Å². The van der Waals surface area contributed by atoms with Crippen LogP contribution in [0.1, 0.15) is 25.7 Å². The van der Waals surface area contributed by atoms with Gasteiger partial charge in [0.25, 0.3) is 0 Å². The topological polar surface area (TPSA) is 87.4 Å². The second kappa shape index (κ2) is 6.14. The van der Waals surface area contributed by atoms with Gasteiger partial charge in [0, 0.05) is 16.6 Å². The minimum absolute atomic E-state index is 0.0251. The lowest BCUT2D eigenvalue weighted by atomic mass is 9.91. The Morgan fingerprint density at radius 3 is 2.84 bits per heavy atom. The molecule has 0 spiro atoms. The van der Waals surface area contributed by atoms with Gasteiger partial charge in [-0.15, -0.1) is 0 Å². The van der Waals surface area contributed by atoms with Gasteiger partial charge < -0.3 is 21.5 Å². The van der Waals surface area contributed by atoms with Crippen LogP contribution >= 0.6 is 15.9 Å². The van der Waals surface area contributed by atoms with E-state index in [1.54, 1.807) is 0 Å². The highest BCUT2D eigenvalue weighted by Crippen LogP contribution is 2.30. The van der Waals surface area contributed by atoms with E-state index >= 15 is 0 Å². The molecule has 1 amide bonds. The summed E-state index contributed by atoms with van der Waals surface area (Å²) in [6.45, 7) is 0. The average molecular weight is 328 g/mol. The van der Waals surface area contributed by atoms with Crippen LogP contribution in [0.15, 0.2) is 22.7 Å². The minimum Gasteiger partial charge on any atom is -0.465 e. The third-order valence-electron chi connectivity index (χ3n) is 3.41. The molecule has 0 heterocycles. The average Bonchev–Trinajstić information content (AvgIpc) is 2.35. The second-order valence-electron chi connectivity index (χ2n) is 4.86. The zero-order valence-electron chi connectivity index (χ0n) is 10.5. The van der Waals surface area contributed by atoms with Gasteiger partial charge in [-0.3, -0.25) is 0 Å². The van der Waals surface area contributed by atoms with E-state index in [1.165, 1.54) is 0 Å². The van der Waals surface area contributed by atoms with Crippen LogP contribution in [0.5, 0.6) is 0 Å². The molecule has 2 rings (SSSR count). The smallest absolute Gasteiger partial charge is 0.404 e. The molecule has 104 valence electrons. The van der Waals surface area contributed by atoms with Crippen LogP contribution in [0, 0.1) is 0 Å². The van der Waals surface area contributed by atoms with E-state index in [0.29, 0.717) is 5.69 Å². The lowest BCUT2D eigenvalue weighted by Crippen LogP contribution is -2.41. The first-order chi connectivity index (χ1) is 9.06. The summed E-state index contributed by atoms with van der Waals surface area (Å²) >= 11 is 3.40. The lowest BCUT2D eigenvalue weighted by molar-refractivity contribution is 0.185. The number of halogens is 1. The summed E-state index contributed by atoms with van der Waals surface area (Å²) in [6.07, 6.45) is 2.78. The standard InChI is InChI=1S/C13H18BrN3O2/c14-10-5-2-6-11(12(10)15)16-8-3-1-4-9(7-8)17-13(18)19/h2,5-6,8-9,16-17H,1,3-4,7,15H2,(H,18,19)/t8-,9+/m0/s1. The Kier molecular flexibility index (Phi) is 4.52. The number of amides is 1. The summed E-state index contributed by atoms with van der Waals surface area (Å²) < 4.78 is 0.869. The summed E-state index contributed by atoms with van der Waals surface area (Å²) in [5, 5.41) is 14.7. The van der Waals surface area contributed by atoms with E-state index in [2.05, 4.69) is 26.6 Å². The van der Waals surface area contributed by atoms with Crippen LogP contribution in [0.25, 0.3) is 0 Å². The predicted molar refractivity (Wildman–Crippen MR) is 79.4 cm³/mol. The van der Waals surface area contributed by atoms with Crippen LogP contribution in [-0.2, 0) is 0 Å². The van der Waals surface area contributed by atoms with Gasteiger partial charge in [-0.1, -0.05) is 6.07 Å². The van der Waals surface area contributed by atoms with E-state index in [-0.39, 0.29) is 12.1 Å². The Balaban J connectivity index is 1.98. The van der Waals surface area contributed by atoms with Crippen LogP contribution in [0.4, 0.5) is 16.2 Å². The Morgan fingerprint density at radius 2 is 2.11 bits per heavy atom. The van der Waals surface area contributed by atoms with Crippen molar-refractivity contribution in [3.05, 3.63) is 22.7 Å². The summed E-state index contributed by atoms with van der Waals surface area (Å²) in [5.74, 6) is 0. The normalized spacial score (nSPS) is 22.8. The number of rotatable bonds is 3. The molecule has 1 aromatic rings. The Morgan fingerprint density at radius 1 is 1.37 bits per heavy atom. The molecular weight excluding hydrogens is 310 g/mol. The highest BCUT2D eigenvalue weighted by molar-refractivity contribution is 9.10. The largest absolute Gasteiger partial charge is 0.465 e. The molecule has 1 fully saturated rings. The third-order valence-corrected chi connectivity index (χ3v) is 4.11. The molecule has 0 unspecified atom stereocenters. The predicted octanol–water partition coefficient (Wildman–Crippen LogP) is 3.02. The molecule has 2 atom stereocenters. The maximum atomic E-state index is 10.7. The number of anilines is 2. The highest BCUT2D eigenvalue weighted by Gasteiger charge is 2.23. The molecule has 0 radical (unpaired) electrons. The van der Waals surface area contributed by atoms with E-state index in [1.807, 2.05) is 18.2 Å². The SMILES string of the molecule is Nc1c(Br)cccc1N[C@H]1CCC[C@@H](NC(=O)O)C1. The van der Waals surface area contributed by atoms with E-state index < -0.39 is 6.09 Å². The maximum absolute atomic E-state index is 10.7. The molecule has 5 N–H and O–H groups in total. The van der Waals surface area contributed by atoms with Gasteiger partial charge >= 0.3 is 6.09 Å². The van der Waals surface area contributed by atoms with Crippen molar-refractivity contribution in [3.8, 4) is 0 Å². The van der Waals surface area contributed by atoms with E-state index in [4.69, 9.17) is 10.8 Å². The molecule has 1 aliphatic carbocycles. The second-order valence-corrected chi connectivity index (χ2v) is 5.71. The number of nitrogen functional groups attached to an aromatic ring is 1. The number of nitrogens with one attached hydrogen (secondary N) is 2. The quantitative estimate of drug-likeness (QED) is 0.642. The fraction of sp³-hybridized carbons (Fsp3) is 0.462. The van der Waals surface area contributed by atoms with Gasteiger partial charge in [0.2, 0.25) is 0 Å². The Labute approximate surface area is 120 Å². The first kappa shape index (κ1) is 14.0. The minimum atomic E-state index is -0.951. The van der Waals surface area contributed by atoms with Gasteiger partial charge in [-0.25, -0.2) is 4.79 Å². The Hall–Kier alpha value is -1.43. The monoisotopic (exact) mass is 327 g/mol. The van der Waals surface area contributed by atoms with Gasteiger partial charge in [0.15, 0.2) is 0 Å². The molecule has 5 nitrogen and oxygen atoms in total. The van der Waals surface area contributed by atoms with Crippen molar-refractivity contribution < 1.29 is 9.90 Å². The summed E-state index contributed by atoms with van der Waals surface area (Å²) in [5.41, 5.74) is 7.59. The van der Waals surface area contributed by atoms with Crippen molar-refractivity contribution in [1.82, 2.24) is 5.32 Å². The van der Waals surface area contributed by atoms with E-state index in [0.717, 1.165) is 35.8 Å². The number of hydrogen-bond donors (Lipinski definition) is 4. The van der Waals surface area contributed by atoms with Crippen molar-refractivity contribution in [2.75, 3.05) is 11.1 Å². The van der Waals surface area contributed by atoms with Gasteiger partial charge in [-0.05, 0) is 53.7 Å². The fourth-order valence-electron chi connectivity index (χ4n) is 2.51. The fourth-order valence-corrected chi connectivity index (χ4v) is 2.88. The molecule has 0 bridgehead atoms. The molecule has 1 aliphatic rings. The van der Waals surface area contributed by atoms with Crippen molar-refractivity contribution in [1.29, 1.82) is 0 Å². The number of nitrogens with two attached hydrogens (primary N) is 1. The molecule has 0 aliphatic heterocycles.